The van der Waals surface area contributed by atoms with Crippen LogP contribution in [0.25, 0.3) is 0 Å². The van der Waals surface area contributed by atoms with Gasteiger partial charge in [0.1, 0.15) is 5.82 Å². The molecule has 0 unspecified atom stereocenters. The van der Waals surface area contributed by atoms with Gasteiger partial charge in [0.2, 0.25) is 5.91 Å². The molecule has 1 aromatic rings. The highest BCUT2D eigenvalue weighted by atomic mass is 127. The minimum Gasteiger partial charge on any atom is -0.379 e. The molecule has 1 saturated heterocycles. The molecule has 1 fully saturated rings. The number of amides is 1. The summed E-state index contributed by atoms with van der Waals surface area (Å²) < 4.78 is 19.1. The van der Waals surface area contributed by atoms with E-state index in [0.717, 1.165) is 32.8 Å². The van der Waals surface area contributed by atoms with Crippen molar-refractivity contribution in [2.24, 2.45) is 4.99 Å². The average Bonchev–Trinajstić information content (AvgIpc) is 2.65. The summed E-state index contributed by atoms with van der Waals surface area (Å²) in [6, 6.07) is 6.55. The molecule has 2 N–H and O–H groups in total. The monoisotopic (exact) mass is 493 g/mol. The Morgan fingerprint density at radius 3 is 2.63 bits per heavy atom. The number of hydrogen-bond acceptors (Lipinski definition) is 4. The fourth-order valence-corrected chi connectivity index (χ4v) is 2.44. The molecule has 0 atom stereocenters. The number of halogens is 2. The first kappa shape index (κ1) is 23.6. The molecule has 27 heavy (non-hydrogen) atoms. The maximum Gasteiger partial charge on any atom is 0.241 e. The molecule has 9 heteroatoms. The fourth-order valence-electron chi connectivity index (χ4n) is 2.44. The summed E-state index contributed by atoms with van der Waals surface area (Å²) >= 11 is 0. The van der Waals surface area contributed by atoms with Crippen LogP contribution in [-0.4, -0.2) is 81.7 Å². The Kier molecular flexibility index (Phi) is 11.2. The largest absolute Gasteiger partial charge is 0.379 e. The molecular formula is C18H29FIN5O2. The number of morpholine rings is 1. The van der Waals surface area contributed by atoms with E-state index in [1.54, 1.807) is 32.3 Å². The Morgan fingerprint density at radius 2 is 1.96 bits per heavy atom. The molecule has 7 nitrogen and oxygen atoms in total. The number of guanidine groups is 1. The maximum atomic E-state index is 13.8. The predicted octanol–water partition coefficient (Wildman–Crippen LogP) is 0.899. The summed E-state index contributed by atoms with van der Waals surface area (Å²) in [7, 11) is 3.40. The molecule has 0 radical (unpaired) electrons. The van der Waals surface area contributed by atoms with Gasteiger partial charge >= 0.3 is 0 Å². The van der Waals surface area contributed by atoms with Gasteiger partial charge in [0, 0.05) is 45.8 Å². The van der Waals surface area contributed by atoms with Crippen molar-refractivity contribution in [3.05, 3.63) is 35.6 Å². The van der Waals surface area contributed by atoms with Crippen LogP contribution in [0.5, 0.6) is 0 Å². The van der Waals surface area contributed by atoms with Crippen LogP contribution >= 0.6 is 24.0 Å². The highest BCUT2D eigenvalue weighted by Gasteiger charge is 2.11. The number of carbonyl (C=O) groups is 1. The van der Waals surface area contributed by atoms with Gasteiger partial charge in [0.25, 0.3) is 0 Å². The zero-order valence-corrected chi connectivity index (χ0v) is 18.2. The highest BCUT2D eigenvalue weighted by Crippen LogP contribution is 2.07. The molecule has 1 heterocycles. The second-order valence-electron chi connectivity index (χ2n) is 6.28. The molecule has 2 rings (SSSR count). The third-order valence-corrected chi connectivity index (χ3v) is 4.10. The molecule has 152 valence electrons. The van der Waals surface area contributed by atoms with E-state index in [9.17, 15) is 9.18 Å². The smallest absolute Gasteiger partial charge is 0.241 e. The third kappa shape index (κ3) is 8.85. The van der Waals surface area contributed by atoms with Gasteiger partial charge in [-0.25, -0.2) is 9.38 Å². The first-order chi connectivity index (χ1) is 12.6. The summed E-state index contributed by atoms with van der Waals surface area (Å²) in [5.41, 5.74) is 0.515. The summed E-state index contributed by atoms with van der Waals surface area (Å²) in [6.45, 7) is 5.20. The van der Waals surface area contributed by atoms with E-state index in [2.05, 4.69) is 20.5 Å². The fraction of sp³-hybridized carbons (Fsp3) is 0.556. The van der Waals surface area contributed by atoms with Crippen LogP contribution in [0, 0.1) is 5.82 Å². The van der Waals surface area contributed by atoms with Crippen LogP contribution in [0.4, 0.5) is 4.39 Å². The van der Waals surface area contributed by atoms with Crippen molar-refractivity contribution in [2.45, 2.75) is 6.54 Å². The lowest BCUT2D eigenvalue weighted by molar-refractivity contribution is -0.127. The standard InChI is InChI=1S/C18H28FN5O2.HI/c1-23(2)17(25)14-22-18(20-7-8-24-9-11-26-12-10-24)21-13-15-5-3-4-6-16(15)19;/h3-6H,7-14H2,1-2H3,(H2,20,21,22);1H. The van der Waals surface area contributed by atoms with Crippen LogP contribution in [0.3, 0.4) is 0 Å². The predicted molar refractivity (Wildman–Crippen MR) is 115 cm³/mol. The normalized spacial score (nSPS) is 15.0. The molecule has 1 aliphatic heterocycles. The third-order valence-electron chi connectivity index (χ3n) is 4.10. The van der Waals surface area contributed by atoms with Gasteiger partial charge in [-0.2, -0.15) is 0 Å². The van der Waals surface area contributed by atoms with E-state index in [-0.39, 0.29) is 48.8 Å². The molecule has 0 saturated carbocycles. The highest BCUT2D eigenvalue weighted by molar-refractivity contribution is 14.0. The van der Waals surface area contributed by atoms with Gasteiger partial charge in [-0.15, -0.1) is 24.0 Å². The minimum absolute atomic E-state index is 0. The van der Waals surface area contributed by atoms with Gasteiger partial charge in [-0.05, 0) is 6.07 Å². The van der Waals surface area contributed by atoms with Gasteiger partial charge in [0.05, 0.1) is 26.3 Å². The number of aliphatic imine (C=N–C) groups is 1. The molecular weight excluding hydrogens is 464 g/mol. The van der Waals surface area contributed by atoms with Crippen molar-refractivity contribution >= 4 is 35.8 Å². The van der Waals surface area contributed by atoms with Crippen LogP contribution < -0.4 is 10.6 Å². The van der Waals surface area contributed by atoms with Crippen molar-refractivity contribution < 1.29 is 13.9 Å². The number of nitrogens with one attached hydrogen (secondary N) is 2. The van der Waals surface area contributed by atoms with Gasteiger partial charge in [0.15, 0.2) is 5.96 Å². The number of benzene rings is 1. The van der Waals surface area contributed by atoms with Crippen molar-refractivity contribution in [3.63, 3.8) is 0 Å². The molecule has 1 aliphatic rings. The van der Waals surface area contributed by atoms with Gasteiger partial charge < -0.3 is 20.3 Å². The molecule has 1 aromatic carbocycles. The summed E-state index contributed by atoms with van der Waals surface area (Å²) in [4.78, 5) is 20.0. The van der Waals surface area contributed by atoms with Crippen LogP contribution in [-0.2, 0) is 16.1 Å². The van der Waals surface area contributed by atoms with E-state index in [4.69, 9.17) is 4.74 Å². The number of carbonyl (C=O) groups excluding carboxylic acids is 1. The van der Waals surface area contributed by atoms with Crippen molar-refractivity contribution in [3.8, 4) is 0 Å². The van der Waals surface area contributed by atoms with E-state index < -0.39 is 0 Å². The van der Waals surface area contributed by atoms with Crippen molar-refractivity contribution in [1.29, 1.82) is 0 Å². The lowest BCUT2D eigenvalue weighted by Gasteiger charge is -2.26. The maximum absolute atomic E-state index is 13.8. The summed E-state index contributed by atoms with van der Waals surface area (Å²) in [6.07, 6.45) is 0. The number of nitrogens with zero attached hydrogens (tertiary/aromatic N) is 3. The van der Waals surface area contributed by atoms with E-state index in [1.807, 2.05) is 0 Å². The summed E-state index contributed by atoms with van der Waals surface area (Å²) in [5.74, 6) is 0.156. The summed E-state index contributed by atoms with van der Waals surface area (Å²) in [5, 5.41) is 6.22. The molecule has 1 amide bonds. The van der Waals surface area contributed by atoms with E-state index in [1.165, 1.54) is 11.0 Å². The number of likely N-dealkylation sites (N-methyl/N-ethyl adjacent to an activating group) is 1. The Hall–Kier alpha value is -1.46. The SMILES string of the molecule is CN(C)C(=O)CNC(=NCc1ccccc1F)NCCN1CCOCC1.I. The van der Waals surface area contributed by atoms with Crippen molar-refractivity contribution in [1.82, 2.24) is 20.4 Å². The average molecular weight is 493 g/mol. The van der Waals surface area contributed by atoms with Crippen LogP contribution in [0.2, 0.25) is 0 Å². The molecule has 0 spiro atoms. The first-order valence-corrected chi connectivity index (χ1v) is 8.82. The lowest BCUT2D eigenvalue weighted by atomic mass is 10.2. The van der Waals surface area contributed by atoms with Gasteiger partial charge in [-0.3, -0.25) is 9.69 Å². The second kappa shape index (κ2) is 12.8. The van der Waals surface area contributed by atoms with E-state index >= 15 is 0 Å². The number of hydrogen-bond donors (Lipinski definition) is 2. The quantitative estimate of drug-likeness (QED) is 0.336. The Bertz CT molecular complexity index is 609. The minimum atomic E-state index is -0.284. The zero-order chi connectivity index (χ0) is 18.8. The number of rotatable bonds is 7. The number of ether oxygens (including phenoxy) is 1. The molecule has 0 bridgehead atoms. The first-order valence-electron chi connectivity index (χ1n) is 8.82. The Morgan fingerprint density at radius 1 is 1.26 bits per heavy atom. The topological polar surface area (TPSA) is 69.2 Å². The second-order valence-corrected chi connectivity index (χ2v) is 6.28. The zero-order valence-electron chi connectivity index (χ0n) is 15.9. The van der Waals surface area contributed by atoms with Crippen molar-refractivity contribution in [2.75, 3.05) is 60.0 Å². The Balaban J connectivity index is 0.00000364. The van der Waals surface area contributed by atoms with Gasteiger partial charge in [-0.1, -0.05) is 18.2 Å². The van der Waals surface area contributed by atoms with E-state index in [0.29, 0.717) is 18.1 Å². The van der Waals surface area contributed by atoms with Crippen LogP contribution in [0.1, 0.15) is 5.56 Å². The molecule has 0 aromatic heterocycles. The van der Waals surface area contributed by atoms with Crippen LogP contribution in [0.15, 0.2) is 29.3 Å². The Labute approximate surface area is 177 Å². The lowest BCUT2D eigenvalue weighted by Crippen LogP contribution is -2.46. The molecule has 0 aliphatic carbocycles.